The van der Waals surface area contributed by atoms with Crippen LogP contribution in [0, 0.1) is 0 Å². The van der Waals surface area contributed by atoms with Gasteiger partial charge in [-0.3, -0.25) is 0 Å². The zero-order valence-electron chi connectivity index (χ0n) is 34.4. The summed E-state index contributed by atoms with van der Waals surface area (Å²) >= 11 is 1.90. The van der Waals surface area contributed by atoms with Crippen LogP contribution in [0.25, 0.3) is 75.8 Å². The first-order valence-electron chi connectivity index (χ1n) is 21.8. The van der Waals surface area contributed by atoms with E-state index in [0.717, 1.165) is 17.1 Å². The standard InChI is InChI=1S/C61H39NS/c1-3-15-40(16-4-1)41-27-29-42(30-28-41)43-31-33-45(34-32-43)62(44-17-5-2-6-18-44)46-35-36-50-48-20-8-7-19-47(48)49-21-9-12-24-53(49)61(56(50)39-46)54-25-13-10-22-51(54)59-55(61)37-38-58-60(59)52-23-11-14-26-57(52)63-58/h1-39H. The van der Waals surface area contributed by atoms with Crippen molar-refractivity contribution in [1.29, 1.82) is 0 Å². The Morgan fingerprint density at radius 2 is 0.794 bits per heavy atom. The third-order valence-corrected chi connectivity index (χ3v) is 14.7. The summed E-state index contributed by atoms with van der Waals surface area (Å²) in [5.74, 6) is 0. The topological polar surface area (TPSA) is 3.24 Å². The first-order valence-corrected chi connectivity index (χ1v) is 22.6. The highest BCUT2D eigenvalue weighted by molar-refractivity contribution is 7.26. The van der Waals surface area contributed by atoms with Gasteiger partial charge in [-0.1, -0.05) is 188 Å². The Morgan fingerprint density at radius 1 is 0.302 bits per heavy atom. The Morgan fingerprint density at radius 3 is 1.49 bits per heavy atom. The van der Waals surface area contributed by atoms with Crippen LogP contribution < -0.4 is 4.90 Å². The molecule has 0 fully saturated rings. The van der Waals surface area contributed by atoms with E-state index in [1.165, 1.54) is 98.1 Å². The maximum atomic E-state index is 2.51. The highest BCUT2D eigenvalue weighted by Gasteiger charge is 2.50. The molecular weight excluding hydrogens is 779 g/mol. The number of hydrogen-bond acceptors (Lipinski definition) is 2. The Bertz CT molecular complexity index is 3550. The SMILES string of the molecule is c1ccc(-c2ccc(-c3ccc(N(c4ccccc4)c4ccc5c(c4)C4(c6ccccc6-c6ccccc6-5)c5ccccc5-c5c4ccc4sc6ccccc6c54)cc3)cc2)cc1. The number of anilines is 3. The second kappa shape index (κ2) is 14.1. The van der Waals surface area contributed by atoms with Crippen molar-refractivity contribution in [2.45, 2.75) is 5.41 Å². The van der Waals surface area contributed by atoms with Crippen LogP contribution in [0.15, 0.2) is 237 Å². The molecule has 1 nitrogen and oxygen atoms in total. The molecule has 63 heavy (non-hydrogen) atoms. The molecule has 2 heteroatoms. The molecule has 0 amide bonds. The van der Waals surface area contributed by atoms with Gasteiger partial charge in [-0.05, 0) is 126 Å². The number of para-hydroxylation sites is 1. The molecule has 1 unspecified atom stereocenters. The first-order chi connectivity index (χ1) is 31.3. The van der Waals surface area contributed by atoms with Gasteiger partial charge in [0.05, 0.1) is 5.41 Å². The number of thiophene rings is 1. The van der Waals surface area contributed by atoms with E-state index >= 15 is 0 Å². The molecule has 1 spiro atoms. The van der Waals surface area contributed by atoms with Crippen molar-refractivity contribution in [2.24, 2.45) is 0 Å². The van der Waals surface area contributed by atoms with Crippen LogP contribution in [-0.2, 0) is 5.41 Å². The Balaban J connectivity index is 1.06. The van der Waals surface area contributed by atoms with Gasteiger partial charge in [-0.15, -0.1) is 11.3 Å². The molecule has 0 aliphatic heterocycles. The second-order valence-electron chi connectivity index (χ2n) is 16.7. The van der Waals surface area contributed by atoms with Gasteiger partial charge in [0.1, 0.15) is 0 Å². The van der Waals surface area contributed by atoms with Gasteiger partial charge in [0.15, 0.2) is 0 Å². The summed E-state index contributed by atoms with van der Waals surface area (Å²) in [4.78, 5) is 2.43. The van der Waals surface area contributed by atoms with E-state index in [4.69, 9.17) is 0 Å². The molecular formula is C61H39NS. The monoisotopic (exact) mass is 817 g/mol. The van der Waals surface area contributed by atoms with Crippen LogP contribution in [0.5, 0.6) is 0 Å². The van der Waals surface area contributed by atoms with Gasteiger partial charge in [-0.2, -0.15) is 0 Å². The number of benzene rings is 10. The van der Waals surface area contributed by atoms with E-state index in [0.29, 0.717) is 0 Å². The van der Waals surface area contributed by atoms with Crippen molar-refractivity contribution >= 4 is 48.6 Å². The van der Waals surface area contributed by atoms with Crippen molar-refractivity contribution in [3.8, 4) is 55.6 Å². The van der Waals surface area contributed by atoms with Crippen molar-refractivity contribution in [3.63, 3.8) is 0 Å². The zero-order chi connectivity index (χ0) is 41.5. The highest BCUT2D eigenvalue weighted by Crippen LogP contribution is 2.64. The molecule has 0 saturated carbocycles. The van der Waals surface area contributed by atoms with Crippen molar-refractivity contribution in [3.05, 3.63) is 259 Å². The van der Waals surface area contributed by atoms with Crippen LogP contribution >= 0.6 is 11.3 Å². The molecule has 1 aromatic heterocycles. The van der Waals surface area contributed by atoms with Gasteiger partial charge in [0.2, 0.25) is 0 Å². The lowest BCUT2D eigenvalue weighted by molar-refractivity contribution is 0.776. The van der Waals surface area contributed by atoms with Crippen LogP contribution in [0.3, 0.4) is 0 Å². The predicted octanol–water partition coefficient (Wildman–Crippen LogP) is 16.9. The van der Waals surface area contributed by atoms with E-state index in [2.05, 4.69) is 241 Å². The van der Waals surface area contributed by atoms with Crippen molar-refractivity contribution in [2.75, 3.05) is 4.90 Å². The Hall–Kier alpha value is -7.78. The van der Waals surface area contributed by atoms with Gasteiger partial charge < -0.3 is 4.90 Å². The number of nitrogens with zero attached hydrogens (tertiary/aromatic N) is 1. The lowest BCUT2D eigenvalue weighted by atomic mass is 9.65. The summed E-state index contributed by atoms with van der Waals surface area (Å²) in [6.07, 6.45) is 0. The first kappa shape index (κ1) is 35.9. The van der Waals surface area contributed by atoms with Crippen LogP contribution in [-0.4, -0.2) is 0 Å². The minimum absolute atomic E-state index is 0.609. The maximum absolute atomic E-state index is 2.51. The molecule has 0 radical (unpaired) electrons. The number of hydrogen-bond donors (Lipinski definition) is 0. The smallest absolute Gasteiger partial charge is 0.0726 e. The second-order valence-corrected chi connectivity index (χ2v) is 17.8. The fourth-order valence-corrected chi connectivity index (χ4v) is 11.9. The summed E-state index contributed by atoms with van der Waals surface area (Å²) < 4.78 is 2.65. The van der Waals surface area contributed by atoms with Gasteiger partial charge in [0, 0.05) is 37.2 Å². The Kier molecular flexibility index (Phi) is 8.06. The van der Waals surface area contributed by atoms with Gasteiger partial charge in [0.25, 0.3) is 0 Å². The molecule has 11 aromatic rings. The molecule has 0 bridgehead atoms. The van der Waals surface area contributed by atoms with Crippen molar-refractivity contribution in [1.82, 2.24) is 0 Å². The summed E-state index contributed by atoms with van der Waals surface area (Å²) in [5, 5.41) is 2.68. The van der Waals surface area contributed by atoms with Gasteiger partial charge >= 0.3 is 0 Å². The van der Waals surface area contributed by atoms with Crippen LogP contribution in [0.4, 0.5) is 17.1 Å². The number of rotatable bonds is 5. The summed E-state index contributed by atoms with van der Waals surface area (Å²) in [5.41, 5.74) is 20.5. The molecule has 1 atom stereocenters. The quantitative estimate of drug-likeness (QED) is 0.167. The molecule has 2 aliphatic carbocycles. The average molecular weight is 818 g/mol. The zero-order valence-corrected chi connectivity index (χ0v) is 35.2. The minimum atomic E-state index is -0.609. The molecule has 10 aromatic carbocycles. The highest BCUT2D eigenvalue weighted by atomic mass is 32.1. The van der Waals surface area contributed by atoms with E-state index in [1.807, 2.05) is 11.3 Å². The lowest BCUT2D eigenvalue weighted by Gasteiger charge is -2.36. The minimum Gasteiger partial charge on any atom is -0.310 e. The Labute approximate surface area is 371 Å². The van der Waals surface area contributed by atoms with E-state index < -0.39 is 5.41 Å². The summed E-state index contributed by atoms with van der Waals surface area (Å²) in [6.45, 7) is 0. The molecule has 13 rings (SSSR count). The van der Waals surface area contributed by atoms with E-state index in [9.17, 15) is 0 Å². The molecule has 0 saturated heterocycles. The summed E-state index contributed by atoms with van der Waals surface area (Å²) in [7, 11) is 0. The maximum Gasteiger partial charge on any atom is 0.0726 e. The summed E-state index contributed by atoms with van der Waals surface area (Å²) in [6, 6.07) is 87.9. The van der Waals surface area contributed by atoms with Gasteiger partial charge in [-0.25, -0.2) is 0 Å². The predicted molar refractivity (Wildman–Crippen MR) is 267 cm³/mol. The largest absolute Gasteiger partial charge is 0.310 e. The van der Waals surface area contributed by atoms with Crippen molar-refractivity contribution < 1.29 is 0 Å². The average Bonchev–Trinajstić information content (AvgIpc) is 3.85. The lowest BCUT2D eigenvalue weighted by Crippen LogP contribution is -2.29. The molecule has 1 heterocycles. The van der Waals surface area contributed by atoms with Crippen LogP contribution in [0.2, 0.25) is 0 Å². The number of fused-ring (bicyclic) bond motifs is 16. The van der Waals surface area contributed by atoms with E-state index in [1.54, 1.807) is 0 Å². The fourth-order valence-electron chi connectivity index (χ4n) is 10.8. The van der Waals surface area contributed by atoms with Crippen LogP contribution in [0.1, 0.15) is 22.3 Å². The molecule has 294 valence electrons. The molecule has 0 N–H and O–H groups in total. The van der Waals surface area contributed by atoms with E-state index in [-0.39, 0.29) is 0 Å². The third-order valence-electron chi connectivity index (χ3n) is 13.5. The third kappa shape index (κ3) is 5.35. The normalized spacial score (nSPS) is 14.4. The fraction of sp³-hybridized carbons (Fsp3) is 0.0164. The molecule has 2 aliphatic rings.